The monoisotopic (exact) mass is 382 g/mol. The number of ether oxygens (including phenoxy) is 1. The zero-order valence-corrected chi connectivity index (χ0v) is 15.0. The molecule has 2 heterocycles. The van der Waals surface area contributed by atoms with Gasteiger partial charge in [-0.1, -0.05) is 11.6 Å². The lowest BCUT2D eigenvalue weighted by Gasteiger charge is -2.23. The fourth-order valence-electron chi connectivity index (χ4n) is 1.92. The molecule has 1 fully saturated rings. The van der Waals surface area contributed by atoms with Gasteiger partial charge in [0, 0.05) is 18.8 Å². The van der Waals surface area contributed by atoms with Gasteiger partial charge in [0.05, 0.1) is 0 Å². The van der Waals surface area contributed by atoms with E-state index in [1.54, 1.807) is 0 Å². The number of nitrogens with zero attached hydrogens (tertiary/aromatic N) is 2. The molecular weight excluding hydrogens is 361 g/mol. The number of hydrogen-bond donors (Lipinski definition) is 2. The average Bonchev–Trinajstić information content (AvgIpc) is 2.46. The first kappa shape index (κ1) is 21.4. The minimum atomic E-state index is -4.53. The average molecular weight is 383 g/mol. The van der Waals surface area contributed by atoms with E-state index in [4.69, 9.17) is 11.6 Å². The van der Waals surface area contributed by atoms with Crippen LogP contribution in [-0.4, -0.2) is 41.2 Å². The summed E-state index contributed by atoms with van der Waals surface area (Å²) in [4.78, 5) is 16.9. The molecule has 1 saturated heterocycles. The maximum absolute atomic E-state index is 12.4. The van der Waals surface area contributed by atoms with E-state index in [2.05, 4.69) is 25.3 Å². The van der Waals surface area contributed by atoms with Crippen molar-refractivity contribution in [3.05, 3.63) is 16.9 Å². The second-order valence-corrected chi connectivity index (χ2v) is 6.77. The van der Waals surface area contributed by atoms with Crippen molar-refractivity contribution in [2.24, 2.45) is 0 Å². The van der Waals surface area contributed by atoms with Crippen LogP contribution in [-0.2, 0) is 15.7 Å². The molecule has 2 N–H and O–H groups in total. The Balaban J connectivity index is 0.000000381. The van der Waals surface area contributed by atoms with Crippen LogP contribution in [0.4, 0.5) is 19.1 Å². The molecule has 2 rings (SSSR count). The number of carbonyl (C=O) groups excluding carboxylic acids is 1. The van der Waals surface area contributed by atoms with Gasteiger partial charge in [-0.25, -0.2) is 9.97 Å². The molecule has 1 aliphatic rings. The lowest BCUT2D eigenvalue weighted by molar-refractivity contribution is -0.139. The summed E-state index contributed by atoms with van der Waals surface area (Å²) < 4.78 is 41.9. The molecule has 0 radical (unpaired) electrons. The normalized spacial score (nSPS) is 18.0. The molecule has 0 saturated carbocycles. The van der Waals surface area contributed by atoms with Gasteiger partial charge >= 0.3 is 6.18 Å². The molecule has 25 heavy (non-hydrogen) atoms. The molecule has 1 aromatic heterocycles. The number of alkyl halides is 3. The van der Waals surface area contributed by atoms with Crippen molar-refractivity contribution in [2.45, 2.75) is 51.4 Å². The number of aromatic nitrogens is 2. The van der Waals surface area contributed by atoms with E-state index in [9.17, 15) is 18.0 Å². The van der Waals surface area contributed by atoms with Gasteiger partial charge < -0.3 is 15.4 Å². The van der Waals surface area contributed by atoms with Crippen molar-refractivity contribution in [2.75, 3.05) is 18.4 Å². The Morgan fingerprint density at radius 1 is 1.40 bits per heavy atom. The van der Waals surface area contributed by atoms with Gasteiger partial charge in [-0.05, 0) is 40.2 Å². The number of anilines is 1. The first-order valence-electron chi connectivity index (χ1n) is 7.71. The lowest BCUT2D eigenvalue weighted by atomic mass is 10.1. The molecule has 0 aromatic carbocycles. The fourth-order valence-corrected chi connectivity index (χ4v) is 2.16. The summed E-state index contributed by atoms with van der Waals surface area (Å²) in [5, 5.41) is 5.56. The van der Waals surface area contributed by atoms with E-state index in [1.165, 1.54) is 0 Å². The van der Waals surface area contributed by atoms with Crippen LogP contribution in [0.15, 0.2) is 6.20 Å². The molecule has 1 atom stereocenters. The number of carbonyl (C=O) groups is 1. The van der Waals surface area contributed by atoms with E-state index >= 15 is 0 Å². The minimum Gasteiger partial charge on any atom is -0.462 e. The summed E-state index contributed by atoms with van der Waals surface area (Å²) in [5.41, 5.74) is -1.33. The van der Waals surface area contributed by atoms with Gasteiger partial charge in [0.15, 0.2) is 0 Å². The zero-order chi connectivity index (χ0) is 19.1. The molecule has 6 nitrogen and oxygen atoms in total. The van der Waals surface area contributed by atoms with Gasteiger partial charge in [0.1, 0.15) is 16.3 Å². The van der Waals surface area contributed by atoms with Crippen LogP contribution in [0.1, 0.15) is 39.2 Å². The van der Waals surface area contributed by atoms with Gasteiger partial charge in [-0.2, -0.15) is 13.2 Å². The van der Waals surface area contributed by atoms with E-state index in [-0.39, 0.29) is 17.6 Å². The summed E-state index contributed by atoms with van der Waals surface area (Å²) in [5.74, 6) is 0.127. The maximum atomic E-state index is 12.4. The summed E-state index contributed by atoms with van der Waals surface area (Å²) >= 11 is 5.50. The van der Waals surface area contributed by atoms with E-state index in [0.29, 0.717) is 12.7 Å². The highest BCUT2D eigenvalue weighted by Crippen LogP contribution is 2.33. The molecular formula is C15H22ClF3N4O2. The Morgan fingerprint density at radius 2 is 2.08 bits per heavy atom. The lowest BCUT2D eigenvalue weighted by Crippen LogP contribution is -2.38. The Bertz CT molecular complexity index is 559. The van der Waals surface area contributed by atoms with Crippen molar-refractivity contribution in [1.82, 2.24) is 15.3 Å². The molecule has 0 aliphatic carbocycles. The maximum Gasteiger partial charge on any atom is 0.420 e. The van der Waals surface area contributed by atoms with Gasteiger partial charge in [0.25, 0.3) is 6.47 Å². The second kappa shape index (κ2) is 9.19. The molecule has 142 valence electrons. The van der Waals surface area contributed by atoms with Crippen LogP contribution in [0, 0.1) is 0 Å². The molecule has 1 aliphatic heterocycles. The number of halogens is 4. The SMILES string of the molecule is CC(C)(C)OC=O.FC(F)(F)c1cnc(N[C@H]2CCCNC2)nc1Cl. The second-order valence-electron chi connectivity index (χ2n) is 6.41. The van der Waals surface area contributed by atoms with E-state index < -0.39 is 16.9 Å². The zero-order valence-electron chi connectivity index (χ0n) is 14.3. The molecule has 0 spiro atoms. The van der Waals surface area contributed by atoms with Crippen LogP contribution in [0.5, 0.6) is 0 Å². The van der Waals surface area contributed by atoms with Crippen LogP contribution in [0.25, 0.3) is 0 Å². The highest BCUT2D eigenvalue weighted by atomic mass is 35.5. The fraction of sp³-hybridized carbons (Fsp3) is 0.667. The largest absolute Gasteiger partial charge is 0.462 e. The first-order chi connectivity index (χ1) is 11.5. The van der Waals surface area contributed by atoms with Crippen molar-refractivity contribution >= 4 is 24.0 Å². The Morgan fingerprint density at radius 3 is 2.48 bits per heavy atom. The Hall–Kier alpha value is -1.61. The van der Waals surface area contributed by atoms with Gasteiger partial charge in [-0.3, -0.25) is 4.79 Å². The predicted octanol–water partition coefficient (Wildman–Crippen LogP) is 3.27. The van der Waals surface area contributed by atoms with Crippen molar-refractivity contribution in [3.63, 3.8) is 0 Å². The predicted molar refractivity (Wildman–Crippen MR) is 88.5 cm³/mol. The standard InChI is InChI=1S/C10H12ClF3N4.C5H10O2/c11-8-7(10(12,13)14)5-16-9(18-8)17-6-2-1-3-15-4-6;1-5(2,3)7-4-6/h5-6,15H,1-4H2,(H,16,17,18);4H,1-3H3/t6-;/m0./s1. The Labute approximate surface area is 149 Å². The molecule has 0 unspecified atom stereocenters. The number of hydrogen-bond acceptors (Lipinski definition) is 6. The summed E-state index contributed by atoms with van der Waals surface area (Å²) in [6, 6.07) is 0.117. The third kappa shape index (κ3) is 8.35. The van der Waals surface area contributed by atoms with Crippen molar-refractivity contribution in [1.29, 1.82) is 0 Å². The van der Waals surface area contributed by atoms with Crippen LogP contribution < -0.4 is 10.6 Å². The summed E-state index contributed by atoms with van der Waals surface area (Å²) in [7, 11) is 0. The van der Waals surface area contributed by atoms with Gasteiger partial charge in [0.2, 0.25) is 5.95 Å². The third-order valence-electron chi connectivity index (χ3n) is 3.08. The highest BCUT2D eigenvalue weighted by Gasteiger charge is 2.34. The molecule has 0 amide bonds. The van der Waals surface area contributed by atoms with E-state index in [1.807, 2.05) is 20.8 Å². The first-order valence-corrected chi connectivity index (χ1v) is 8.09. The summed E-state index contributed by atoms with van der Waals surface area (Å²) in [6.07, 6.45) is -1.89. The molecule has 10 heteroatoms. The van der Waals surface area contributed by atoms with Crippen molar-refractivity contribution < 1.29 is 22.7 Å². The smallest absolute Gasteiger partial charge is 0.420 e. The van der Waals surface area contributed by atoms with Crippen molar-refractivity contribution in [3.8, 4) is 0 Å². The van der Waals surface area contributed by atoms with E-state index in [0.717, 1.165) is 25.9 Å². The van der Waals surface area contributed by atoms with Crippen LogP contribution in [0.2, 0.25) is 5.15 Å². The molecule has 0 bridgehead atoms. The minimum absolute atomic E-state index is 0.117. The quantitative estimate of drug-likeness (QED) is 0.617. The van der Waals surface area contributed by atoms with Crippen LogP contribution >= 0.6 is 11.6 Å². The third-order valence-corrected chi connectivity index (χ3v) is 3.37. The number of piperidine rings is 1. The molecule has 1 aromatic rings. The topological polar surface area (TPSA) is 76.1 Å². The van der Waals surface area contributed by atoms with Gasteiger partial charge in [-0.15, -0.1) is 0 Å². The number of nitrogens with one attached hydrogen (secondary N) is 2. The summed E-state index contributed by atoms with van der Waals surface area (Å²) in [6.45, 7) is 7.61. The highest BCUT2D eigenvalue weighted by molar-refractivity contribution is 6.30. The van der Waals surface area contributed by atoms with Crippen LogP contribution in [0.3, 0.4) is 0 Å². The Kier molecular flexibility index (Phi) is 7.88. The number of rotatable bonds is 3.